The summed E-state index contributed by atoms with van der Waals surface area (Å²) in [6.07, 6.45) is 0. The second-order valence-corrected chi connectivity index (χ2v) is 8.50. The van der Waals surface area contributed by atoms with Gasteiger partial charge in [-0.3, -0.25) is 0 Å². The second kappa shape index (κ2) is 30.9. The van der Waals surface area contributed by atoms with E-state index in [1.54, 1.807) is 0 Å². The molecular weight excluding hydrogens is 721 g/mol. The number of allylic oxidation sites excluding steroid dienone is 4. The number of hydrogen-bond acceptors (Lipinski definition) is 0. The van der Waals surface area contributed by atoms with E-state index in [2.05, 4.69) is 321 Å². The summed E-state index contributed by atoms with van der Waals surface area (Å²) in [5.74, 6) is 0. The molecule has 0 spiro atoms. The van der Waals surface area contributed by atoms with Crippen molar-refractivity contribution in [3.05, 3.63) is 343 Å². The highest BCUT2D eigenvalue weighted by molar-refractivity contribution is 5.77. The van der Waals surface area contributed by atoms with Gasteiger partial charge < -0.3 is 0 Å². The molecule has 0 unspecified atom stereocenters. The zero-order valence-electron chi connectivity index (χ0n) is 30.0. The van der Waals surface area contributed by atoms with Gasteiger partial charge in [0.25, 0.3) is 0 Å². The summed E-state index contributed by atoms with van der Waals surface area (Å²) in [4.78, 5) is 0. The largest absolute Gasteiger partial charge is 0.0595 e. The van der Waals surface area contributed by atoms with Gasteiger partial charge in [0.1, 0.15) is 0 Å². The molecule has 0 saturated heterocycles. The summed E-state index contributed by atoms with van der Waals surface area (Å²) in [5.41, 5.74) is 147. The minimum Gasteiger partial charge on any atom is -0.0501 e. The average molecular weight is 721 g/mol. The maximum Gasteiger partial charge on any atom is 0.0595 e. The molecule has 0 N–H and O–H groups in total. The Balaban J connectivity index is 2.75. The molecule has 0 heteroatoms. The summed E-state index contributed by atoms with van der Waals surface area (Å²) < 4.78 is 0. The van der Waals surface area contributed by atoms with Gasteiger partial charge in [-0.2, -0.15) is 0 Å². The Morgan fingerprint density at radius 1 is 0.0833 bits per heavy atom. The molecule has 4 bridgehead atoms. The van der Waals surface area contributed by atoms with Crippen molar-refractivity contribution >= 4 is 0 Å². The lowest BCUT2D eigenvalue weighted by Crippen LogP contribution is -2.09. The van der Waals surface area contributed by atoms with E-state index >= 15 is 0 Å². The minimum absolute atomic E-state index is 0.436. The van der Waals surface area contributed by atoms with Crippen LogP contribution in [-0.4, -0.2) is 0 Å². The van der Waals surface area contributed by atoms with Crippen molar-refractivity contribution < 1.29 is 0 Å². The Kier molecular flexibility index (Phi) is 21.4. The van der Waals surface area contributed by atoms with Crippen molar-refractivity contribution in [3.63, 3.8) is 0 Å². The quantitative estimate of drug-likeness (QED) is 0.219. The van der Waals surface area contributed by atoms with E-state index in [0.29, 0.717) is 22.3 Å². The van der Waals surface area contributed by atoms with Crippen LogP contribution in [0.15, 0.2) is 343 Å². The first kappa shape index (κ1) is 41.6. The zero-order valence-corrected chi connectivity index (χ0v) is 30.0. The topological polar surface area (TPSA) is 0 Å². The fraction of sp³-hybridized carbons (Fsp3) is 0. The average Bonchev–Trinajstić information content (AvgIpc) is 3.25. The third-order valence-electron chi connectivity index (χ3n) is 4.88. The van der Waals surface area contributed by atoms with E-state index in [1.807, 2.05) is 0 Å². The van der Waals surface area contributed by atoms with Crippen molar-refractivity contribution in [1.29, 1.82) is 0 Å². The van der Waals surface area contributed by atoms with E-state index in [-0.39, 0.29) is 0 Å². The van der Waals surface area contributed by atoms with Crippen LogP contribution in [0.2, 0.25) is 0 Å². The van der Waals surface area contributed by atoms with Gasteiger partial charge >= 0.3 is 0 Å². The predicted molar refractivity (Wildman–Crippen MR) is 211 cm³/mol. The van der Waals surface area contributed by atoms with Crippen LogP contribution >= 0.6 is 0 Å². The van der Waals surface area contributed by atoms with Crippen LogP contribution in [0, 0.1) is 0 Å². The smallest absolute Gasteiger partial charge is 0.0501 e. The fourth-order valence-electron chi connectivity index (χ4n) is 2.81. The van der Waals surface area contributed by atoms with Crippen LogP contribution in [0.25, 0.3) is 0 Å². The molecule has 1 fully saturated rings. The molecule has 240 valence electrons. The first-order chi connectivity index (χ1) is 30.0. The molecule has 1 saturated carbocycles. The van der Waals surface area contributed by atoms with Gasteiger partial charge in [0.15, 0.2) is 0 Å². The molecule has 0 aliphatic heterocycles. The van der Waals surface area contributed by atoms with Crippen LogP contribution < -0.4 is 0 Å². The normalized spacial score (nSPS) is 9.87. The maximum atomic E-state index is 2.95. The van der Waals surface area contributed by atoms with Gasteiger partial charge in [-0.25, -0.2) is 0 Å². The molecule has 4 aliphatic carbocycles. The van der Waals surface area contributed by atoms with Gasteiger partial charge in [-0.1, -0.05) is 22.9 Å². The van der Waals surface area contributed by atoms with Crippen molar-refractivity contribution in [2.75, 3.05) is 0 Å². The molecule has 0 heterocycles. The third-order valence-corrected chi connectivity index (χ3v) is 4.88. The molecule has 0 aromatic rings. The molecule has 0 nitrogen and oxygen atoms in total. The van der Waals surface area contributed by atoms with Crippen molar-refractivity contribution in [1.82, 2.24) is 0 Å². The SMILES string of the molecule is C1=C=C=C=C=C=C=C=C=C=C=C=C=C=C=C2C3=C=C=C=C=C=C=C=C=C=C=C=C=C=C=C=C=C=C=C=C=C=C=C=C=C=C=C=C=C2C3=C=C=C=C=C=C=C=C=C=C=C=C=C=1. The van der Waals surface area contributed by atoms with E-state index < -0.39 is 0 Å². The lowest BCUT2D eigenvalue weighted by molar-refractivity contribution is 1.26. The van der Waals surface area contributed by atoms with Gasteiger partial charge in [-0.05, 0) is 183 Å². The molecule has 0 radical (unpaired) electrons. The first-order valence-electron chi connectivity index (χ1n) is 15.5. The van der Waals surface area contributed by atoms with Gasteiger partial charge in [0, 0.05) is 115 Å². The number of hydrogen-bond donors (Lipinski definition) is 0. The van der Waals surface area contributed by atoms with Crippen molar-refractivity contribution in [2.45, 2.75) is 0 Å². The maximum absolute atomic E-state index is 2.95. The molecule has 0 amide bonds. The predicted octanol–water partition coefficient (Wildman–Crippen LogP) is 9.31. The molecular formula is C60. The Morgan fingerprint density at radius 2 is 0.150 bits per heavy atom. The highest BCUT2D eigenvalue weighted by atomic mass is 14.3. The standard InChI is InChI=1S/C60/c1-2-6-10-14-18-22-26-30-34-38-42-46-50-54-58-59-55-51-47-43-39-35-31-27-23-19-15-11-7-3-4-8-12-16-20-24-28-32-36-40-44-48-52-56-60(58)57(59)53-49-45-41-37-33-29-25-21-17-13-9-5-1. The third kappa shape index (κ3) is 20.7. The molecule has 0 aromatic carbocycles. The van der Waals surface area contributed by atoms with Crippen LogP contribution in [0.3, 0.4) is 0 Å². The second-order valence-electron chi connectivity index (χ2n) is 8.50. The van der Waals surface area contributed by atoms with Crippen molar-refractivity contribution in [2.24, 2.45) is 0 Å². The minimum atomic E-state index is 0.436. The fourth-order valence-corrected chi connectivity index (χ4v) is 2.81. The molecule has 60 heavy (non-hydrogen) atoms. The Bertz CT molecular complexity index is 3890. The summed E-state index contributed by atoms with van der Waals surface area (Å²) >= 11 is 0. The van der Waals surface area contributed by atoms with Gasteiger partial charge in [0.2, 0.25) is 0 Å². The monoisotopic (exact) mass is 720 g/mol. The summed E-state index contributed by atoms with van der Waals surface area (Å²) in [5, 5.41) is 0. The van der Waals surface area contributed by atoms with Crippen LogP contribution in [-0.2, 0) is 0 Å². The number of rotatable bonds is 0. The highest BCUT2D eigenvalue weighted by Crippen LogP contribution is 2.41. The molecule has 0 atom stereocenters. The van der Waals surface area contributed by atoms with Crippen LogP contribution in [0.4, 0.5) is 0 Å². The Labute approximate surface area is 341 Å². The van der Waals surface area contributed by atoms with Gasteiger partial charge in [0.05, 0.1) is 22.3 Å². The van der Waals surface area contributed by atoms with E-state index in [1.165, 1.54) is 0 Å². The lowest BCUT2D eigenvalue weighted by Gasteiger charge is -2.20. The Morgan fingerprint density at radius 3 is 0.233 bits per heavy atom. The molecule has 4 rings (SSSR count). The summed E-state index contributed by atoms with van der Waals surface area (Å²) in [7, 11) is 0. The highest BCUT2D eigenvalue weighted by Gasteiger charge is 2.30. The van der Waals surface area contributed by atoms with E-state index in [0.717, 1.165) is 0 Å². The first-order valence-corrected chi connectivity index (χ1v) is 15.5. The zero-order chi connectivity index (χ0) is 41.9. The summed E-state index contributed by atoms with van der Waals surface area (Å²) in [6, 6.07) is 0. The lowest BCUT2D eigenvalue weighted by atomic mass is 9.76. The van der Waals surface area contributed by atoms with Crippen molar-refractivity contribution in [3.8, 4) is 0 Å². The molecule has 0 aromatic heterocycles. The molecule has 4 aliphatic rings. The summed E-state index contributed by atoms with van der Waals surface area (Å²) in [6.45, 7) is 0. The van der Waals surface area contributed by atoms with Gasteiger partial charge in [-0.15, -0.1) is 0 Å². The van der Waals surface area contributed by atoms with Crippen LogP contribution in [0.1, 0.15) is 0 Å². The van der Waals surface area contributed by atoms with Crippen LogP contribution in [0.5, 0.6) is 0 Å². The van der Waals surface area contributed by atoms with E-state index in [9.17, 15) is 0 Å². The Hall–Kier alpha value is -12.8. The van der Waals surface area contributed by atoms with E-state index in [4.69, 9.17) is 0 Å².